The lowest BCUT2D eigenvalue weighted by atomic mass is 9.85. The van der Waals surface area contributed by atoms with Crippen molar-refractivity contribution in [1.29, 1.82) is 5.26 Å². The number of hydrogen-bond acceptors (Lipinski definition) is 5. The highest BCUT2D eigenvalue weighted by Crippen LogP contribution is 2.44. The molecule has 122 valence electrons. The second-order valence-corrected chi connectivity index (χ2v) is 7.12. The third-order valence-corrected chi connectivity index (χ3v) is 6.04. The van der Waals surface area contributed by atoms with E-state index < -0.39 is 0 Å². The number of rotatable bonds is 1. The smallest absolute Gasteiger partial charge is 0.255 e. The number of carbonyl (C=O) groups is 1. The highest BCUT2D eigenvalue weighted by Gasteiger charge is 2.42. The van der Waals surface area contributed by atoms with Gasteiger partial charge in [-0.25, -0.2) is 4.98 Å². The van der Waals surface area contributed by atoms with Crippen LogP contribution in [0.5, 0.6) is 0 Å². The Hall–Kier alpha value is -2.23. The average Bonchev–Trinajstić information content (AvgIpc) is 3.12. The summed E-state index contributed by atoms with van der Waals surface area (Å²) < 4.78 is 6.18. The molecule has 1 amide bonds. The summed E-state index contributed by atoms with van der Waals surface area (Å²) in [4.78, 5) is 19.8. The predicted octanol–water partition coefficient (Wildman–Crippen LogP) is 2.72. The third kappa shape index (κ3) is 2.50. The molecule has 0 atom stereocenters. The van der Waals surface area contributed by atoms with Gasteiger partial charge in [0.15, 0.2) is 0 Å². The molecule has 0 N–H and O–H groups in total. The van der Waals surface area contributed by atoms with Crippen LogP contribution in [0.4, 0.5) is 0 Å². The van der Waals surface area contributed by atoms with Crippen LogP contribution < -0.4 is 0 Å². The maximum Gasteiger partial charge on any atom is 0.255 e. The summed E-state index contributed by atoms with van der Waals surface area (Å²) in [5.41, 5.74) is 2.06. The van der Waals surface area contributed by atoms with Gasteiger partial charge in [0.2, 0.25) is 0 Å². The molecule has 1 fully saturated rings. The highest BCUT2D eigenvalue weighted by atomic mass is 32.1. The Morgan fingerprint density at radius 3 is 2.88 bits per heavy atom. The number of aromatic nitrogens is 1. The SMILES string of the molecule is N#Cc1ccc(C(=O)N2CCC3(CC2)OCCc2ccsc23)cn1. The molecular formula is C18H17N3O2S. The van der Waals surface area contributed by atoms with Crippen LogP contribution in [0.3, 0.4) is 0 Å². The number of nitrogens with zero attached hydrogens (tertiary/aromatic N) is 3. The summed E-state index contributed by atoms with van der Waals surface area (Å²) in [7, 11) is 0. The van der Waals surface area contributed by atoms with Crippen LogP contribution in [-0.4, -0.2) is 35.5 Å². The van der Waals surface area contributed by atoms with E-state index in [2.05, 4.69) is 16.4 Å². The van der Waals surface area contributed by atoms with Crippen LogP contribution in [0.2, 0.25) is 0 Å². The van der Waals surface area contributed by atoms with Crippen LogP contribution in [0.25, 0.3) is 0 Å². The van der Waals surface area contributed by atoms with Gasteiger partial charge in [0.25, 0.3) is 5.91 Å². The number of nitriles is 1. The van der Waals surface area contributed by atoms with Crippen LogP contribution in [-0.2, 0) is 16.8 Å². The molecule has 0 aromatic carbocycles. The zero-order valence-corrected chi connectivity index (χ0v) is 14.0. The second kappa shape index (κ2) is 6.00. The molecule has 2 aliphatic heterocycles. The number of carbonyl (C=O) groups excluding carboxylic acids is 1. The van der Waals surface area contributed by atoms with Crippen molar-refractivity contribution in [2.24, 2.45) is 0 Å². The normalized spacial score (nSPS) is 18.9. The lowest BCUT2D eigenvalue weighted by Crippen LogP contribution is -2.47. The van der Waals surface area contributed by atoms with Gasteiger partial charge >= 0.3 is 0 Å². The summed E-state index contributed by atoms with van der Waals surface area (Å²) in [6.45, 7) is 2.11. The highest BCUT2D eigenvalue weighted by molar-refractivity contribution is 7.10. The Morgan fingerprint density at radius 2 is 2.17 bits per heavy atom. The number of ether oxygens (including phenoxy) is 1. The fourth-order valence-corrected chi connectivity index (χ4v) is 4.73. The number of pyridine rings is 1. The summed E-state index contributed by atoms with van der Waals surface area (Å²) in [6.07, 6.45) is 4.13. The maximum absolute atomic E-state index is 12.6. The monoisotopic (exact) mass is 339 g/mol. The van der Waals surface area contributed by atoms with Crippen molar-refractivity contribution in [2.45, 2.75) is 24.9 Å². The number of piperidine rings is 1. The standard InChI is InChI=1S/C18H17N3O2S/c19-11-15-2-1-14(12-20-15)17(22)21-7-5-18(6-8-21)16-13(3-9-23-18)4-10-24-16/h1-2,4,10,12H,3,5-9H2. The Kier molecular flexibility index (Phi) is 3.83. The lowest BCUT2D eigenvalue weighted by Gasteiger charge is -2.43. The first kappa shape index (κ1) is 15.3. The molecule has 0 aliphatic carbocycles. The number of amides is 1. The van der Waals surface area contributed by atoms with Gasteiger partial charge in [-0.2, -0.15) is 5.26 Å². The van der Waals surface area contributed by atoms with E-state index in [-0.39, 0.29) is 11.5 Å². The molecule has 1 spiro atoms. The number of likely N-dealkylation sites (tertiary alicyclic amines) is 1. The van der Waals surface area contributed by atoms with Gasteiger partial charge in [-0.1, -0.05) is 0 Å². The topological polar surface area (TPSA) is 66.2 Å². The van der Waals surface area contributed by atoms with E-state index in [0.717, 1.165) is 25.9 Å². The molecule has 4 rings (SSSR count). The van der Waals surface area contributed by atoms with E-state index in [4.69, 9.17) is 10.00 Å². The molecule has 0 bridgehead atoms. The van der Waals surface area contributed by atoms with E-state index in [9.17, 15) is 4.79 Å². The van der Waals surface area contributed by atoms with E-state index in [1.165, 1.54) is 16.6 Å². The molecule has 0 unspecified atom stereocenters. The Balaban J connectivity index is 1.49. The fraction of sp³-hybridized carbons (Fsp3) is 0.389. The van der Waals surface area contributed by atoms with E-state index in [1.54, 1.807) is 23.5 Å². The molecule has 2 aliphatic rings. The van der Waals surface area contributed by atoms with Gasteiger partial charge in [0, 0.05) is 24.2 Å². The zero-order valence-electron chi connectivity index (χ0n) is 13.2. The van der Waals surface area contributed by atoms with Crippen LogP contribution in [0.1, 0.15) is 39.3 Å². The summed E-state index contributed by atoms with van der Waals surface area (Å²) >= 11 is 1.77. The Labute approximate surface area is 144 Å². The lowest BCUT2D eigenvalue weighted by molar-refractivity contribution is -0.0906. The zero-order chi connectivity index (χ0) is 16.6. The van der Waals surface area contributed by atoms with Gasteiger partial charge in [-0.15, -0.1) is 11.3 Å². The van der Waals surface area contributed by atoms with Crippen LogP contribution >= 0.6 is 11.3 Å². The minimum absolute atomic E-state index is 0.0240. The first-order valence-electron chi connectivity index (χ1n) is 8.08. The molecule has 4 heterocycles. The summed E-state index contributed by atoms with van der Waals surface area (Å²) in [5.74, 6) is -0.0240. The molecule has 0 radical (unpaired) electrons. The van der Waals surface area contributed by atoms with Gasteiger partial charge in [-0.05, 0) is 48.4 Å². The molecule has 2 aromatic rings. The van der Waals surface area contributed by atoms with E-state index in [0.29, 0.717) is 24.3 Å². The first-order valence-corrected chi connectivity index (χ1v) is 8.96. The van der Waals surface area contributed by atoms with Crippen molar-refractivity contribution >= 4 is 17.2 Å². The van der Waals surface area contributed by atoms with Crippen molar-refractivity contribution in [1.82, 2.24) is 9.88 Å². The van der Waals surface area contributed by atoms with Crippen molar-refractivity contribution in [3.63, 3.8) is 0 Å². The number of thiophene rings is 1. The molecule has 1 saturated heterocycles. The Morgan fingerprint density at radius 1 is 1.33 bits per heavy atom. The molecule has 2 aromatic heterocycles. The van der Waals surface area contributed by atoms with Crippen LogP contribution in [0.15, 0.2) is 29.8 Å². The average molecular weight is 339 g/mol. The van der Waals surface area contributed by atoms with E-state index >= 15 is 0 Å². The fourth-order valence-electron chi connectivity index (χ4n) is 3.57. The Bertz CT molecular complexity index is 798. The summed E-state index contributed by atoms with van der Waals surface area (Å²) in [5, 5.41) is 10.9. The molecule has 0 saturated carbocycles. The molecular weight excluding hydrogens is 322 g/mol. The third-order valence-electron chi connectivity index (χ3n) is 4.89. The van der Waals surface area contributed by atoms with Crippen molar-refractivity contribution in [3.05, 3.63) is 51.5 Å². The molecule has 6 heteroatoms. The van der Waals surface area contributed by atoms with Crippen LogP contribution in [0, 0.1) is 11.3 Å². The number of fused-ring (bicyclic) bond motifs is 2. The minimum Gasteiger partial charge on any atom is -0.369 e. The van der Waals surface area contributed by atoms with Crippen molar-refractivity contribution < 1.29 is 9.53 Å². The molecule has 5 nitrogen and oxygen atoms in total. The quantitative estimate of drug-likeness (QED) is 0.801. The minimum atomic E-state index is -0.207. The van der Waals surface area contributed by atoms with E-state index in [1.807, 2.05) is 11.0 Å². The maximum atomic E-state index is 12.6. The summed E-state index contributed by atoms with van der Waals surface area (Å²) in [6, 6.07) is 7.42. The van der Waals surface area contributed by atoms with Crippen molar-refractivity contribution in [2.75, 3.05) is 19.7 Å². The largest absolute Gasteiger partial charge is 0.369 e. The predicted molar refractivity (Wildman–Crippen MR) is 89.7 cm³/mol. The van der Waals surface area contributed by atoms with Gasteiger partial charge in [0.1, 0.15) is 17.4 Å². The molecule has 24 heavy (non-hydrogen) atoms. The van der Waals surface area contributed by atoms with Gasteiger partial charge < -0.3 is 9.64 Å². The van der Waals surface area contributed by atoms with Gasteiger partial charge in [-0.3, -0.25) is 4.79 Å². The number of hydrogen-bond donors (Lipinski definition) is 0. The second-order valence-electron chi connectivity index (χ2n) is 6.20. The van der Waals surface area contributed by atoms with Crippen molar-refractivity contribution in [3.8, 4) is 6.07 Å². The van der Waals surface area contributed by atoms with Gasteiger partial charge in [0.05, 0.1) is 12.2 Å². The first-order chi connectivity index (χ1) is 11.7.